The number of carboxylic acid groups (broad SMARTS) is 1. The molecule has 1 aliphatic rings. The molecule has 1 aliphatic carbocycles. The Morgan fingerprint density at radius 2 is 1.86 bits per heavy atom. The van der Waals surface area contributed by atoms with Crippen LogP contribution in [0.1, 0.15) is 45.9 Å². The van der Waals surface area contributed by atoms with E-state index in [1.165, 1.54) is 6.20 Å². The largest absolute Gasteiger partial charge is 0.477 e. The number of nitrogen functional groups attached to an aromatic ring is 1. The van der Waals surface area contributed by atoms with E-state index in [9.17, 15) is 14.7 Å². The minimum Gasteiger partial charge on any atom is -0.477 e. The fourth-order valence-corrected chi connectivity index (χ4v) is 2.91. The fourth-order valence-electron chi connectivity index (χ4n) is 2.91. The van der Waals surface area contributed by atoms with Gasteiger partial charge in [-0.2, -0.15) is 0 Å². The molecule has 3 rings (SSSR count). The Kier molecular flexibility index (Phi) is 2.83. The smallest absolute Gasteiger partial charge is 0.341 e. The van der Waals surface area contributed by atoms with E-state index in [4.69, 9.17) is 5.73 Å². The molecule has 2 aromatic rings. The van der Waals surface area contributed by atoms with Crippen molar-refractivity contribution in [3.8, 4) is 0 Å². The van der Waals surface area contributed by atoms with Gasteiger partial charge in [0, 0.05) is 17.9 Å². The van der Waals surface area contributed by atoms with Crippen LogP contribution in [0.15, 0.2) is 11.0 Å². The second-order valence-corrected chi connectivity index (χ2v) is 5.83. The number of fused-ring (bicyclic) bond motifs is 1. The predicted molar refractivity (Wildman–Crippen MR) is 82.1 cm³/mol. The number of hydrogen-bond acceptors (Lipinski definition) is 3. The van der Waals surface area contributed by atoms with Gasteiger partial charge in [-0.25, -0.2) is 4.79 Å². The summed E-state index contributed by atoms with van der Waals surface area (Å²) in [6.07, 6.45) is 3.48. The minimum absolute atomic E-state index is 0.205. The van der Waals surface area contributed by atoms with Gasteiger partial charge in [0.15, 0.2) is 0 Å². The average molecular weight is 286 g/mol. The normalized spacial score (nSPS) is 14.6. The molecule has 1 heterocycles. The van der Waals surface area contributed by atoms with Crippen molar-refractivity contribution < 1.29 is 9.90 Å². The van der Waals surface area contributed by atoms with Gasteiger partial charge in [0.05, 0.1) is 10.9 Å². The number of anilines is 1. The number of carboxylic acids is 1. The summed E-state index contributed by atoms with van der Waals surface area (Å²) >= 11 is 0. The summed E-state index contributed by atoms with van der Waals surface area (Å²) in [6.45, 7) is 5.81. The highest BCUT2D eigenvalue weighted by Crippen LogP contribution is 2.39. The van der Waals surface area contributed by atoms with Gasteiger partial charge in [-0.05, 0) is 50.3 Å². The standard InChI is InChI=1S/C16H18N2O3/c1-7-8(2)13(17)12-14(9(7)3)18(10-4-5-10)6-11(15(12)19)16(20)21/h6,10H,4-5,17H2,1-3H3,(H,20,21). The number of aryl methyl sites for hydroxylation is 1. The molecular formula is C16H18N2O3. The molecule has 5 heteroatoms. The number of pyridine rings is 1. The first-order chi connectivity index (χ1) is 9.84. The van der Waals surface area contributed by atoms with Crippen LogP contribution < -0.4 is 11.2 Å². The first-order valence-electron chi connectivity index (χ1n) is 7.02. The molecule has 0 bridgehead atoms. The quantitative estimate of drug-likeness (QED) is 0.831. The molecule has 3 N–H and O–H groups in total. The van der Waals surface area contributed by atoms with Crippen molar-refractivity contribution in [2.24, 2.45) is 0 Å². The molecule has 5 nitrogen and oxygen atoms in total. The van der Waals surface area contributed by atoms with E-state index in [1.54, 1.807) is 0 Å². The van der Waals surface area contributed by atoms with Crippen LogP contribution in [0.4, 0.5) is 5.69 Å². The Morgan fingerprint density at radius 1 is 1.24 bits per heavy atom. The monoisotopic (exact) mass is 286 g/mol. The molecule has 110 valence electrons. The first kappa shape index (κ1) is 13.7. The van der Waals surface area contributed by atoms with E-state index >= 15 is 0 Å². The van der Waals surface area contributed by atoms with E-state index in [1.807, 2.05) is 25.3 Å². The zero-order chi connectivity index (χ0) is 15.5. The Hall–Kier alpha value is -2.30. The number of nitrogens with two attached hydrogens (primary N) is 1. The molecule has 1 saturated carbocycles. The van der Waals surface area contributed by atoms with E-state index in [0.29, 0.717) is 11.1 Å². The molecule has 21 heavy (non-hydrogen) atoms. The van der Waals surface area contributed by atoms with Crippen LogP contribution in [0.5, 0.6) is 0 Å². The van der Waals surface area contributed by atoms with Crippen LogP contribution >= 0.6 is 0 Å². The third kappa shape index (κ3) is 1.84. The van der Waals surface area contributed by atoms with Crippen LogP contribution in [-0.2, 0) is 0 Å². The van der Waals surface area contributed by atoms with Crippen molar-refractivity contribution in [2.75, 3.05) is 5.73 Å². The lowest BCUT2D eigenvalue weighted by molar-refractivity contribution is 0.0695. The number of aromatic carboxylic acids is 1. The number of benzene rings is 1. The highest BCUT2D eigenvalue weighted by molar-refractivity contribution is 6.00. The van der Waals surface area contributed by atoms with E-state index in [0.717, 1.165) is 35.0 Å². The second kappa shape index (κ2) is 4.35. The average Bonchev–Trinajstić information content (AvgIpc) is 3.26. The molecule has 1 fully saturated rings. The molecule has 0 aliphatic heterocycles. The van der Waals surface area contributed by atoms with Gasteiger partial charge >= 0.3 is 5.97 Å². The number of nitrogens with zero attached hydrogens (tertiary/aromatic N) is 1. The molecule has 0 atom stereocenters. The molecule has 0 unspecified atom stereocenters. The maximum absolute atomic E-state index is 12.5. The lowest BCUT2D eigenvalue weighted by Gasteiger charge is -2.19. The minimum atomic E-state index is -1.20. The van der Waals surface area contributed by atoms with E-state index in [2.05, 4.69) is 0 Å². The summed E-state index contributed by atoms with van der Waals surface area (Å²) in [6, 6.07) is 0.270. The Bertz CT molecular complexity index is 845. The zero-order valence-corrected chi connectivity index (χ0v) is 12.4. The van der Waals surface area contributed by atoms with Crippen molar-refractivity contribution in [2.45, 2.75) is 39.7 Å². The third-order valence-corrected chi connectivity index (χ3v) is 4.56. The SMILES string of the molecule is Cc1c(C)c(C)c2c(c1N)c(=O)c(C(=O)O)cn2C1CC1. The van der Waals surface area contributed by atoms with Crippen LogP contribution in [0.3, 0.4) is 0 Å². The van der Waals surface area contributed by atoms with Crippen molar-refractivity contribution in [1.82, 2.24) is 4.57 Å². The lowest BCUT2D eigenvalue weighted by Crippen LogP contribution is -2.21. The van der Waals surface area contributed by atoms with Crippen LogP contribution in [0.25, 0.3) is 10.9 Å². The fraction of sp³-hybridized carbons (Fsp3) is 0.375. The summed E-state index contributed by atoms with van der Waals surface area (Å²) in [5, 5.41) is 9.63. The number of carbonyl (C=O) groups is 1. The molecule has 0 saturated heterocycles. The topological polar surface area (TPSA) is 85.3 Å². The summed E-state index contributed by atoms with van der Waals surface area (Å²) < 4.78 is 1.93. The maximum atomic E-state index is 12.5. The Balaban J connectivity index is 2.59. The summed E-state index contributed by atoms with van der Waals surface area (Å²) in [5.41, 5.74) is 9.53. The van der Waals surface area contributed by atoms with Crippen molar-refractivity contribution in [3.63, 3.8) is 0 Å². The van der Waals surface area contributed by atoms with Crippen LogP contribution in [0, 0.1) is 20.8 Å². The molecule has 0 spiro atoms. The van der Waals surface area contributed by atoms with Crippen molar-refractivity contribution in [3.05, 3.63) is 38.7 Å². The molecule has 0 amide bonds. The third-order valence-electron chi connectivity index (χ3n) is 4.56. The van der Waals surface area contributed by atoms with Crippen LogP contribution in [-0.4, -0.2) is 15.6 Å². The molecule has 1 aromatic carbocycles. The van der Waals surface area contributed by atoms with Crippen molar-refractivity contribution >= 4 is 22.6 Å². The predicted octanol–water partition coefficient (Wildman–Crippen LogP) is 2.54. The van der Waals surface area contributed by atoms with Gasteiger partial charge in [-0.15, -0.1) is 0 Å². The highest BCUT2D eigenvalue weighted by atomic mass is 16.4. The lowest BCUT2D eigenvalue weighted by atomic mass is 9.96. The van der Waals surface area contributed by atoms with Gasteiger partial charge in [0.1, 0.15) is 5.56 Å². The number of rotatable bonds is 2. The highest BCUT2D eigenvalue weighted by Gasteiger charge is 2.28. The Morgan fingerprint density at radius 3 is 2.38 bits per heavy atom. The van der Waals surface area contributed by atoms with Gasteiger partial charge in [-0.1, -0.05) is 0 Å². The summed E-state index contributed by atoms with van der Waals surface area (Å²) in [7, 11) is 0. The van der Waals surface area contributed by atoms with Gasteiger partial charge in [0.25, 0.3) is 0 Å². The Labute approximate surface area is 122 Å². The van der Waals surface area contributed by atoms with Gasteiger partial charge < -0.3 is 15.4 Å². The van der Waals surface area contributed by atoms with Gasteiger partial charge in [0.2, 0.25) is 5.43 Å². The number of aromatic nitrogens is 1. The zero-order valence-electron chi connectivity index (χ0n) is 12.4. The van der Waals surface area contributed by atoms with Gasteiger partial charge in [-0.3, -0.25) is 4.79 Å². The molecule has 1 aromatic heterocycles. The number of hydrogen-bond donors (Lipinski definition) is 2. The molecule has 0 radical (unpaired) electrons. The van der Waals surface area contributed by atoms with Crippen molar-refractivity contribution in [1.29, 1.82) is 0 Å². The first-order valence-corrected chi connectivity index (χ1v) is 7.02. The maximum Gasteiger partial charge on any atom is 0.341 e. The molecular weight excluding hydrogens is 268 g/mol. The summed E-state index contributed by atoms with van der Waals surface area (Å²) in [5.74, 6) is -1.20. The van der Waals surface area contributed by atoms with E-state index < -0.39 is 11.4 Å². The second-order valence-electron chi connectivity index (χ2n) is 5.83. The summed E-state index contributed by atoms with van der Waals surface area (Å²) in [4.78, 5) is 23.9. The van der Waals surface area contributed by atoms with E-state index in [-0.39, 0.29) is 11.6 Å². The van der Waals surface area contributed by atoms with Crippen LogP contribution in [0.2, 0.25) is 0 Å².